The average Bonchev–Trinajstić information content (AvgIpc) is 3.92. The molecule has 3 aromatic heterocycles. The van der Waals surface area contributed by atoms with E-state index in [4.69, 9.17) is 14.9 Å². The van der Waals surface area contributed by atoms with E-state index in [1.54, 1.807) is 42.1 Å². The first kappa shape index (κ1) is 40.4. The lowest BCUT2D eigenvalue weighted by Gasteiger charge is -2.30. The predicted octanol–water partition coefficient (Wildman–Crippen LogP) is 2.12. The highest BCUT2D eigenvalue weighted by Gasteiger charge is 2.39. The molecule has 5 rings (SSSR count). The SMILES string of the molecule is CC1=C\C(O)CC(F)Cc2nc(co2)C(=O)N2CCCC2C(=O)OC(C(C)C)C(CC(=O)NCCn2cc(-c3ccnc(N)n3)nn2)/C=C/C(=O)NC\C=C\1. The number of nitrogens with two attached hydrogens (primary N) is 1. The molecule has 55 heavy (non-hydrogen) atoms. The molecular formula is C37H47FN10O7. The number of cyclic esters (lactones) is 1. The lowest BCUT2D eigenvalue weighted by molar-refractivity contribution is -0.159. The van der Waals surface area contributed by atoms with E-state index < -0.39 is 48.1 Å². The van der Waals surface area contributed by atoms with Gasteiger partial charge in [-0.1, -0.05) is 48.9 Å². The van der Waals surface area contributed by atoms with E-state index in [1.807, 2.05) is 13.8 Å². The molecule has 0 radical (unpaired) electrons. The number of ether oxygens (including phenoxy) is 1. The topological polar surface area (TPSA) is 234 Å². The first-order valence-electron chi connectivity index (χ1n) is 18.2. The first-order valence-corrected chi connectivity index (χ1v) is 18.2. The fourth-order valence-electron chi connectivity index (χ4n) is 6.40. The van der Waals surface area contributed by atoms with E-state index in [0.29, 0.717) is 36.3 Å². The fraction of sp³-hybridized carbons (Fsp3) is 0.486. The molecular weight excluding hydrogens is 715 g/mol. The summed E-state index contributed by atoms with van der Waals surface area (Å²) in [5.74, 6) is -2.96. The van der Waals surface area contributed by atoms with Crippen molar-refractivity contribution in [1.29, 1.82) is 0 Å². The normalized spacial score (nSPS) is 25.3. The second kappa shape index (κ2) is 19.0. The number of carbonyl (C=O) groups is 4. The molecule has 2 aliphatic heterocycles. The van der Waals surface area contributed by atoms with Crippen molar-refractivity contribution < 1.29 is 37.8 Å². The number of aliphatic hydroxyl groups excluding tert-OH is 1. The zero-order valence-corrected chi connectivity index (χ0v) is 31.0. The molecule has 2 aliphatic rings. The maximum atomic E-state index is 14.8. The molecule has 5 N–H and O–H groups in total. The molecule has 1 saturated heterocycles. The third kappa shape index (κ3) is 11.6. The highest BCUT2D eigenvalue weighted by atomic mass is 19.1. The van der Waals surface area contributed by atoms with Crippen LogP contribution in [-0.2, 0) is 32.1 Å². The van der Waals surface area contributed by atoms with Gasteiger partial charge in [-0.3, -0.25) is 19.1 Å². The maximum Gasteiger partial charge on any atom is 0.329 e. The van der Waals surface area contributed by atoms with Crippen LogP contribution in [0.15, 0.2) is 65.1 Å². The molecule has 0 aliphatic carbocycles. The largest absolute Gasteiger partial charge is 0.460 e. The monoisotopic (exact) mass is 762 g/mol. The zero-order chi connectivity index (χ0) is 39.5. The number of hydrogen-bond donors (Lipinski definition) is 4. The Morgan fingerprint density at radius 1 is 1.18 bits per heavy atom. The number of allylic oxidation sites excluding steroid dienone is 2. The lowest BCUT2D eigenvalue weighted by atomic mass is 9.89. The summed E-state index contributed by atoms with van der Waals surface area (Å²) >= 11 is 0. The Labute approximate surface area is 317 Å². The molecule has 17 nitrogen and oxygen atoms in total. The number of hydrogen-bond acceptors (Lipinski definition) is 13. The van der Waals surface area contributed by atoms with E-state index in [-0.39, 0.29) is 68.3 Å². The van der Waals surface area contributed by atoms with Gasteiger partial charge in [-0.25, -0.2) is 24.1 Å². The molecule has 5 heterocycles. The Balaban J connectivity index is 1.32. The summed E-state index contributed by atoms with van der Waals surface area (Å²) in [6, 6.07) is 0.716. The quantitative estimate of drug-likeness (QED) is 0.253. The number of amides is 3. The van der Waals surface area contributed by atoms with Crippen molar-refractivity contribution >= 4 is 29.6 Å². The Morgan fingerprint density at radius 2 is 2.00 bits per heavy atom. The van der Waals surface area contributed by atoms with E-state index in [0.717, 1.165) is 6.26 Å². The van der Waals surface area contributed by atoms with Crippen molar-refractivity contribution in [1.82, 2.24) is 45.5 Å². The summed E-state index contributed by atoms with van der Waals surface area (Å²) in [6.45, 7) is 6.30. The number of aliphatic hydroxyl groups is 1. The molecule has 2 bridgehead atoms. The molecule has 0 spiro atoms. The zero-order valence-electron chi connectivity index (χ0n) is 31.0. The van der Waals surface area contributed by atoms with E-state index in [9.17, 15) is 28.7 Å². The predicted molar refractivity (Wildman–Crippen MR) is 196 cm³/mol. The minimum Gasteiger partial charge on any atom is -0.460 e. The number of nitrogens with zero attached hydrogens (tertiary/aromatic N) is 7. The van der Waals surface area contributed by atoms with Gasteiger partial charge in [-0.2, -0.15) is 0 Å². The van der Waals surface area contributed by atoms with E-state index >= 15 is 0 Å². The third-order valence-corrected chi connectivity index (χ3v) is 9.07. The summed E-state index contributed by atoms with van der Waals surface area (Å²) in [4.78, 5) is 67.0. The van der Waals surface area contributed by atoms with Crippen molar-refractivity contribution in [2.75, 3.05) is 25.4 Å². The van der Waals surface area contributed by atoms with Gasteiger partial charge >= 0.3 is 5.97 Å². The minimum atomic E-state index is -1.51. The Bertz CT molecular complexity index is 1910. The Morgan fingerprint density at radius 3 is 2.78 bits per heavy atom. The smallest absolute Gasteiger partial charge is 0.329 e. The van der Waals surface area contributed by atoms with Crippen LogP contribution >= 0.6 is 0 Å². The second-order valence-corrected chi connectivity index (χ2v) is 13.8. The number of carbonyl (C=O) groups excluding carboxylic acids is 4. The lowest BCUT2D eigenvalue weighted by Crippen LogP contribution is -2.44. The number of fused-ring (bicyclic) bond motifs is 3. The van der Waals surface area contributed by atoms with Crippen LogP contribution in [0.1, 0.15) is 62.8 Å². The standard InChI is InChI=1S/C37H47FN10O7/c1-22(2)34-24(17-32(51)41-13-15-47-20-28(45-46-47)27-10-12-42-37(39)44-27)8-9-31(50)40-11-4-6-23(3)16-26(49)18-25(38)19-33-43-29(21-54-33)35(52)48-14-5-7-30(48)36(53)55-34/h4,6,8-10,12,16,20-22,24-26,30,34,49H,5,7,11,13-15,17-19H2,1-3H3,(H,40,50)(H,41,51)(H2,39,42,44)/b6-4+,9-8+,23-16+. The van der Waals surface area contributed by atoms with Gasteiger partial charge < -0.3 is 35.5 Å². The van der Waals surface area contributed by atoms with E-state index in [2.05, 4.69) is 35.9 Å². The number of aromatic nitrogens is 6. The number of rotatable bonds is 7. The molecule has 0 saturated carbocycles. The number of anilines is 1. The number of esters is 1. The van der Waals surface area contributed by atoms with Gasteiger partial charge in [0.15, 0.2) is 11.6 Å². The Kier molecular flexibility index (Phi) is 14.0. The summed E-state index contributed by atoms with van der Waals surface area (Å²) in [5.41, 5.74) is 7.23. The van der Waals surface area contributed by atoms with Crippen LogP contribution in [0.3, 0.4) is 0 Å². The van der Waals surface area contributed by atoms with Gasteiger partial charge in [0.2, 0.25) is 17.8 Å². The summed E-state index contributed by atoms with van der Waals surface area (Å²) in [7, 11) is 0. The molecule has 0 aromatic carbocycles. The number of nitrogen functional groups attached to an aromatic ring is 1. The molecule has 18 heteroatoms. The Hall–Kier alpha value is -5.78. The maximum absolute atomic E-state index is 14.8. The van der Waals surface area contributed by atoms with Gasteiger partial charge in [0, 0.05) is 44.6 Å². The first-order chi connectivity index (χ1) is 26.4. The molecule has 3 amide bonds. The molecule has 294 valence electrons. The van der Waals surface area contributed by atoms with Crippen LogP contribution in [0.5, 0.6) is 0 Å². The van der Waals surface area contributed by atoms with Gasteiger partial charge in [-0.15, -0.1) is 5.10 Å². The van der Waals surface area contributed by atoms with Crippen LogP contribution < -0.4 is 16.4 Å². The highest BCUT2D eigenvalue weighted by Crippen LogP contribution is 2.27. The summed E-state index contributed by atoms with van der Waals surface area (Å²) in [6.07, 6.45) is 8.81. The molecule has 1 fully saturated rings. The van der Waals surface area contributed by atoms with Gasteiger partial charge in [0.25, 0.3) is 5.91 Å². The van der Waals surface area contributed by atoms with Crippen molar-refractivity contribution in [3.8, 4) is 11.4 Å². The number of alkyl halides is 1. The van der Waals surface area contributed by atoms with Gasteiger partial charge in [0.05, 0.1) is 31.0 Å². The van der Waals surface area contributed by atoms with Crippen molar-refractivity contribution in [3.63, 3.8) is 0 Å². The summed E-state index contributed by atoms with van der Waals surface area (Å²) < 4.78 is 27.9. The average molecular weight is 763 g/mol. The van der Waals surface area contributed by atoms with Crippen molar-refractivity contribution in [3.05, 3.63) is 72.3 Å². The van der Waals surface area contributed by atoms with Gasteiger partial charge in [-0.05, 0) is 37.8 Å². The highest BCUT2D eigenvalue weighted by molar-refractivity contribution is 5.95. The van der Waals surface area contributed by atoms with Crippen molar-refractivity contribution in [2.24, 2.45) is 11.8 Å². The molecule has 5 unspecified atom stereocenters. The molecule has 5 atom stereocenters. The fourth-order valence-corrected chi connectivity index (χ4v) is 6.40. The third-order valence-electron chi connectivity index (χ3n) is 9.07. The van der Waals surface area contributed by atoms with Crippen molar-refractivity contribution in [2.45, 2.75) is 83.8 Å². The molecule has 3 aromatic rings. The van der Waals surface area contributed by atoms with Crippen LogP contribution in [-0.4, -0.2) is 108 Å². The number of nitrogens with one attached hydrogen (secondary N) is 2. The van der Waals surface area contributed by atoms with E-state index in [1.165, 1.54) is 23.2 Å². The second-order valence-electron chi connectivity index (χ2n) is 13.8. The van der Waals surface area contributed by atoms with Crippen LogP contribution in [0.4, 0.5) is 10.3 Å². The van der Waals surface area contributed by atoms with Crippen LogP contribution in [0, 0.1) is 11.8 Å². The van der Waals surface area contributed by atoms with Crippen LogP contribution in [0.25, 0.3) is 11.4 Å². The summed E-state index contributed by atoms with van der Waals surface area (Å²) in [5, 5.41) is 24.2. The number of oxazole rings is 1. The number of halogens is 1. The van der Waals surface area contributed by atoms with Crippen LogP contribution in [0.2, 0.25) is 0 Å². The minimum absolute atomic E-state index is 0.0113. The van der Waals surface area contributed by atoms with Gasteiger partial charge in [0.1, 0.15) is 30.3 Å².